The molecule has 256 valence electrons. The molecule has 1 aromatic heterocycles. The van der Waals surface area contributed by atoms with E-state index in [4.69, 9.17) is 4.74 Å². The highest BCUT2D eigenvalue weighted by atomic mass is 32.2. The van der Waals surface area contributed by atoms with Crippen molar-refractivity contribution in [2.24, 2.45) is 5.41 Å². The molecule has 4 atom stereocenters. The fraction of sp³-hybridized carbons (Fsp3) is 0.568. The van der Waals surface area contributed by atoms with Crippen LogP contribution in [0.4, 0.5) is 0 Å². The third-order valence-electron chi connectivity index (χ3n) is 12.4. The van der Waals surface area contributed by atoms with E-state index in [-0.39, 0.29) is 11.8 Å². The Morgan fingerprint density at radius 3 is 2.31 bits per heavy atom. The average molecular weight is 674 g/mol. The normalized spacial score (nSPS) is 27.0. The van der Waals surface area contributed by atoms with Crippen LogP contribution in [0.3, 0.4) is 0 Å². The highest BCUT2D eigenvalue weighted by molar-refractivity contribution is 7.87. The fourth-order valence-corrected chi connectivity index (χ4v) is 10.3. The van der Waals surface area contributed by atoms with Crippen LogP contribution in [0.25, 0.3) is 22.2 Å². The fourth-order valence-electron chi connectivity index (χ4n) is 9.54. The SMILES string of the molecule is COc1ccc2c(c1)[C@@H]1C[C@]1(C(=O)N1CC3CCC(C1)N3C)Cn1c-2c(C2CCCCC2)c2ccc(C(=O)N(C)S(=O)(=O)N(C)C)cc21. The molecule has 2 saturated heterocycles. The van der Waals surface area contributed by atoms with E-state index in [0.717, 1.165) is 81.7 Å². The molecule has 10 nitrogen and oxygen atoms in total. The van der Waals surface area contributed by atoms with Crippen LogP contribution in [0.1, 0.15) is 84.7 Å². The minimum Gasteiger partial charge on any atom is -0.497 e. The molecule has 2 amide bonds. The van der Waals surface area contributed by atoms with Crippen LogP contribution in [0.2, 0.25) is 0 Å². The Morgan fingerprint density at radius 1 is 0.938 bits per heavy atom. The van der Waals surface area contributed by atoms with Crippen LogP contribution in [-0.2, 0) is 21.5 Å². The molecule has 3 aromatic rings. The number of benzene rings is 2. The largest absolute Gasteiger partial charge is 0.497 e. The summed E-state index contributed by atoms with van der Waals surface area (Å²) in [5, 5.41) is 1.09. The number of likely N-dealkylation sites (N-methyl/N-ethyl adjacent to an activating group) is 1. The molecule has 4 fully saturated rings. The van der Waals surface area contributed by atoms with Gasteiger partial charge in [0.25, 0.3) is 5.91 Å². The van der Waals surface area contributed by atoms with Crippen LogP contribution < -0.4 is 4.74 Å². The van der Waals surface area contributed by atoms with Crippen molar-refractivity contribution in [3.63, 3.8) is 0 Å². The predicted octanol–water partition coefficient (Wildman–Crippen LogP) is 5.04. The van der Waals surface area contributed by atoms with Gasteiger partial charge in [-0.3, -0.25) is 14.5 Å². The van der Waals surface area contributed by atoms with Gasteiger partial charge in [-0.25, -0.2) is 4.31 Å². The number of nitrogens with zero attached hydrogens (tertiary/aromatic N) is 5. The highest BCUT2D eigenvalue weighted by Gasteiger charge is 2.64. The number of carbonyl (C=O) groups excluding carboxylic acids is 2. The molecular weight excluding hydrogens is 627 g/mol. The minimum absolute atomic E-state index is 0.0720. The molecule has 0 N–H and O–H groups in total. The number of methoxy groups -OCH3 is 1. The van der Waals surface area contributed by atoms with Gasteiger partial charge in [0.2, 0.25) is 5.91 Å². The zero-order chi connectivity index (χ0) is 33.7. The summed E-state index contributed by atoms with van der Waals surface area (Å²) in [5.74, 6) is 0.885. The Hall–Kier alpha value is -3.41. The van der Waals surface area contributed by atoms with E-state index >= 15 is 0 Å². The Bertz CT molecular complexity index is 1920. The number of rotatable bonds is 6. The number of fused-ring (bicyclic) bond motifs is 9. The second kappa shape index (κ2) is 11.3. The molecule has 0 spiro atoms. The second-order valence-electron chi connectivity index (χ2n) is 15.1. The number of likely N-dealkylation sites (tertiary alicyclic amines) is 1. The van der Waals surface area contributed by atoms with Gasteiger partial charge in [-0.1, -0.05) is 25.3 Å². The first-order valence-corrected chi connectivity index (χ1v) is 18.9. The van der Waals surface area contributed by atoms with Crippen LogP contribution >= 0.6 is 0 Å². The van der Waals surface area contributed by atoms with Crippen molar-refractivity contribution in [2.75, 3.05) is 48.4 Å². The summed E-state index contributed by atoms with van der Waals surface area (Å²) in [6.07, 6.45) is 8.81. The molecule has 2 bridgehead atoms. The molecule has 2 aliphatic carbocycles. The van der Waals surface area contributed by atoms with Crippen molar-refractivity contribution in [1.82, 2.24) is 23.0 Å². The molecule has 3 aliphatic heterocycles. The second-order valence-corrected chi connectivity index (χ2v) is 17.3. The number of piperazine rings is 1. The first-order chi connectivity index (χ1) is 23.0. The number of hydrogen-bond donors (Lipinski definition) is 0. The molecule has 11 heteroatoms. The van der Waals surface area contributed by atoms with Crippen molar-refractivity contribution in [3.8, 4) is 17.0 Å². The van der Waals surface area contributed by atoms with Gasteiger partial charge in [0.15, 0.2) is 0 Å². The first kappa shape index (κ1) is 31.8. The Labute approximate surface area is 283 Å². The lowest BCUT2D eigenvalue weighted by Crippen LogP contribution is -2.55. The van der Waals surface area contributed by atoms with E-state index in [1.54, 1.807) is 13.2 Å². The number of amides is 2. The molecule has 2 unspecified atom stereocenters. The van der Waals surface area contributed by atoms with Crippen molar-refractivity contribution < 1.29 is 22.7 Å². The summed E-state index contributed by atoms with van der Waals surface area (Å²) in [6.45, 7) is 2.06. The monoisotopic (exact) mass is 673 g/mol. The van der Waals surface area contributed by atoms with E-state index < -0.39 is 21.5 Å². The molecule has 0 radical (unpaired) electrons. The molecule has 2 saturated carbocycles. The summed E-state index contributed by atoms with van der Waals surface area (Å²) in [6, 6.07) is 12.8. The minimum atomic E-state index is -3.96. The molecular formula is C37H47N5O5S. The standard InChI is InChI=1S/C37H47N5O5S/c1-38(2)48(45,46)40(4)35(43)24-11-15-29-32(17-24)42-22-37(36(44)41-20-25-12-13-26(21-41)39(25)3)19-31(37)30-18-27(47-5)14-16-28(30)34(42)33(29)23-9-7-6-8-10-23/h11,14-18,23,25-26,31H,6-10,12-13,19-22H2,1-5H3/t25?,26?,31-,37-/m0/s1. The number of ether oxygens (including phenoxy) is 1. The van der Waals surface area contributed by atoms with E-state index in [9.17, 15) is 18.0 Å². The lowest BCUT2D eigenvalue weighted by Gasteiger charge is -2.40. The van der Waals surface area contributed by atoms with Crippen LogP contribution in [0.15, 0.2) is 36.4 Å². The number of aromatic nitrogens is 1. The zero-order valence-corrected chi connectivity index (χ0v) is 29.6. The first-order valence-electron chi connectivity index (χ1n) is 17.5. The lowest BCUT2D eigenvalue weighted by molar-refractivity contribution is -0.141. The summed E-state index contributed by atoms with van der Waals surface area (Å²) in [5.41, 5.74) is 5.37. The Morgan fingerprint density at radius 2 is 1.65 bits per heavy atom. The summed E-state index contributed by atoms with van der Waals surface area (Å²) in [4.78, 5) is 33.2. The maximum absolute atomic E-state index is 14.9. The molecule has 5 aliphatic rings. The Balaban J connectivity index is 1.32. The maximum Gasteiger partial charge on any atom is 0.305 e. The van der Waals surface area contributed by atoms with Crippen LogP contribution in [0.5, 0.6) is 5.75 Å². The van der Waals surface area contributed by atoms with Gasteiger partial charge in [0, 0.05) is 80.8 Å². The van der Waals surface area contributed by atoms with E-state index in [0.29, 0.717) is 30.1 Å². The van der Waals surface area contributed by atoms with Crippen LogP contribution in [-0.4, -0.2) is 104 Å². The van der Waals surface area contributed by atoms with Gasteiger partial charge >= 0.3 is 10.2 Å². The smallest absolute Gasteiger partial charge is 0.305 e. The van der Waals surface area contributed by atoms with Gasteiger partial charge in [-0.15, -0.1) is 0 Å². The van der Waals surface area contributed by atoms with Gasteiger partial charge in [0.05, 0.1) is 18.2 Å². The number of hydrogen-bond acceptors (Lipinski definition) is 6. The van der Waals surface area contributed by atoms with Gasteiger partial charge in [-0.2, -0.15) is 12.7 Å². The van der Waals surface area contributed by atoms with Crippen molar-refractivity contribution >= 4 is 32.9 Å². The topological polar surface area (TPSA) is 95.4 Å². The maximum atomic E-state index is 14.9. The third kappa shape index (κ3) is 4.67. The van der Waals surface area contributed by atoms with E-state index in [1.807, 2.05) is 18.2 Å². The highest BCUT2D eigenvalue weighted by Crippen LogP contribution is 2.66. The third-order valence-corrected chi connectivity index (χ3v) is 14.2. The lowest BCUT2D eigenvalue weighted by atomic mass is 9.81. The molecule has 8 rings (SSSR count). The van der Waals surface area contributed by atoms with Gasteiger partial charge < -0.3 is 14.2 Å². The van der Waals surface area contributed by atoms with Crippen molar-refractivity contribution in [1.29, 1.82) is 0 Å². The summed E-state index contributed by atoms with van der Waals surface area (Å²) < 4.78 is 35.8. The van der Waals surface area contributed by atoms with Gasteiger partial charge in [0.1, 0.15) is 5.75 Å². The predicted molar refractivity (Wildman–Crippen MR) is 185 cm³/mol. The zero-order valence-electron chi connectivity index (χ0n) is 28.7. The van der Waals surface area contributed by atoms with Crippen molar-refractivity contribution in [2.45, 2.75) is 81.8 Å². The molecule has 4 heterocycles. The molecule has 2 aromatic carbocycles. The van der Waals surface area contributed by atoms with Gasteiger partial charge in [-0.05, 0) is 86.5 Å². The van der Waals surface area contributed by atoms with E-state index in [2.05, 4.69) is 33.5 Å². The quantitative estimate of drug-likeness (QED) is 0.364. The van der Waals surface area contributed by atoms with Crippen molar-refractivity contribution in [3.05, 3.63) is 53.1 Å². The number of carbonyl (C=O) groups is 2. The summed E-state index contributed by atoms with van der Waals surface area (Å²) in [7, 11) is 4.09. The summed E-state index contributed by atoms with van der Waals surface area (Å²) >= 11 is 0. The molecule has 48 heavy (non-hydrogen) atoms. The van der Waals surface area contributed by atoms with Crippen LogP contribution in [0, 0.1) is 5.41 Å². The van der Waals surface area contributed by atoms with E-state index in [1.165, 1.54) is 51.5 Å². The average Bonchev–Trinajstić information content (AvgIpc) is 3.72. The Kier molecular flexibility index (Phi) is 7.50.